The second-order valence-electron chi connectivity index (χ2n) is 8.13. The number of nitrogens with zero attached hydrogens (tertiary/aromatic N) is 1. The van der Waals surface area contributed by atoms with Crippen LogP contribution >= 0.6 is 0 Å². The molecular weight excluding hydrogens is 444 g/mol. The van der Waals surface area contributed by atoms with Gasteiger partial charge in [-0.3, -0.25) is 0 Å². The van der Waals surface area contributed by atoms with Crippen LogP contribution in [0.1, 0.15) is 22.9 Å². The van der Waals surface area contributed by atoms with Gasteiger partial charge in [-0.25, -0.2) is 4.79 Å². The summed E-state index contributed by atoms with van der Waals surface area (Å²) in [6.07, 6.45) is 2.28. The van der Waals surface area contributed by atoms with Crippen molar-refractivity contribution in [2.24, 2.45) is 0 Å². The van der Waals surface area contributed by atoms with E-state index in [1.165, 1.54) is 0 Å². The van der Waals surface area contributed by atoms with E-state index in [0.717, 1.165) is 22.6 Å². The molecule has 178 valence electrons. The summed E-state index contributed by atoms with van der Waals surface area (Å²) in [5.74, 6) is 3.47. The lowest BCUT2D eigenvalue weighted by atomic mass is 9.90. The normalized spacial score (nSPS) is 14.7. The standard InChI is InChI=1S/C28H26N2O5/c1-32-23-17-19-14-15-30(27(24-9-6-16-34-24)26(19)25(18-23)33-2)28(31)29-20-10-12-22(13-11-20)35-21-7-4-3-5-8-21/h3-13,16-18,27H,14-15H2,1-2H3,(H,29,31). The zero-order chi connectivity index (χ0) is 24.2. The first-order chi connectivity index (χ1) is 17.2. The van der Waals surface area contributed by atoms with Crippen LogP contribution in [0, 0.1) is 0 Å². The third kappa shape index (κ3) is 4.66. The van der Waals surface area contributed by atoms with Crippen molar-refractivity contribution in [3.8, 4) is 23.0 Å². The van der Waals surface area contributed by atoms with Crippen LogP contribution < -0.4 is 19.5 Å². The average Bonchev–Trinajstić information content (AvgIpc) is 3.43. The van der Waals surface area contributed by atoms with Crippen molar-refractivity contribution in [3.63, 3.8) is 0 Å². The number of hydrogen-bond donors (Lipinski definition) is 1. The van der Waals surface area contributed by atoms with Gasteiger partial charge < -0.3 is 28.8 Å². The van der Waals surface area contributed by atoms with Gasteiger partial charge in [0.1, 0.15) is 34.8 Å². The number of urea groups is 1. The third-order valence-electron chi connectivity index (χ3n) is 6.02. The fraction of sp³-hybridized carbons (Fsp3) is 0.179. The summed E-state index contributed by atoms with van der Waals surface area (Å²) in [6, 6.07) is 23.7. The zero-order valence-electron chi connectivity index (χ0n) is 19.6. The summed E-state index contributed by atoms with van der Waals surface area (Å²) in [5.41, 5.74) is 2.63. The molecule has 7 nitrogen and oxygen atoms in total. The number of hydrogen-bond acceptors (Lipinski definition) is 5. The molecule has 1 N–H and O–H groups in total. The first kappa shape index (κ1) is 22.4. The number of nitrogens with one attached hydrogen (secondary N) is 1. The maximum absolute atomic E-state index is 13.5. The van der Waals surface area contributed by atoms with Crippen molar-refractivity contribution < 1.29 is 23.4 Å². The van der Waals surface area contributed by atoms with Gasteiger partial charge in [-0.1, -0.05) is 18.2 Å². The lowest BCUT2D eigenvalue weighted by Crippen LogP contribution is -2.43. The van der Waals surface area contributed by atoms with E-state index in [2.05, 4.69) is 5.32 Å². The van der Waals surface area contributed by atoms with Crippen molar-refractivity contribution >= 4 is 11.7 Å². The molecule has 2 heterocycles. The van der Waals surface area contributed by atoms with Gasteiger partial charge in [0.05, 0.1) is 20.5 Å². The highest BCUT2D eigenvalue weighted by atomic mass is 16.5. The van der Waals surface area contributed by atoms with Crippen LogP contribution in [0.25, 0.3) is 0 Å². The molecular formula is C28H26N2O5. The number of furan rings is 1. The largest absolute Gasteiger partial charge is 0.497 e. The lowest BCUT2D eigenvalue weighted by Gasteiger charge is -2.37. The van der Waals surface area contributed by atoms with E-state index in [1.54, 1.807) is 25.4 Å². The van der Waals surface area contributed by atoms with Gasteiger partial charge in [-0.2, -0.15) is 0 Å². The van der Waals surface area contributed by atoms with E-state index >= 15 is 0 Å². The minimum atomic E-state index is -0.435. The van der Waals surface area contributed by atoms with E-state index in [-0.39, 0.29) is 6.03 Å². The monoisotopic (exact) mass is 470 g/mol. The number of methoxy groups -OCH3 is 2. The number of fused-ring (bicyclic) bond motifs is 1. The molecule has 3 aromatic carbocycles. The third-order valence-corrected chi connectivity index (χ3v) is 6.02. The maximum atomic E-state index is 13.5. The Morgan fingerprint density at radius 3 is 2.37 bits per heavy atom. The minimum absolute atomic E-state index is 0.230. The lowest BCUT2D eigenvalue weighted by molar-refractivity contribution is 0.183. The smallest absolute Gasteiger partial charge is 0.322 e. The van der Waals surface area contributed by atoms with Crippen molar-refractivity contribution in [3.05, 3.63) is 102 Å². The highest BCUT2D eigenvalue weighted by molar-refractivity contribution is 5.90. The first-order valence-electron chi connectivity index (χ1n) is 11.3. The zero-order valence-corrected chi connectivity index (χ0v) is 19.6. The summed E-state index contributed by atoms with van der Waals surface area (Å²) in [7, 11) is 3.25. The number of ether oxygens (including phenoxy) is 3. The molecule has 1 aliphatic heterocycles. The Hall–Kier alpha value is -4.39. The molecule has 1 atom stereocenters. The fourth-order valence-electron chi connectivity index (χ4n) is 4.37. The predicted octanol–water partition coefficient (Wildman–Crippen LogP) is 6.27. The molecule has 1 aliphatic rings. The number of amides is 2. The number of benzene rings is 3. The van der Waals surface area contributed by atoms with Crippen molar-refractivity contribution in [2.75, 3.05) is 26.1 Å². The Labute approximate surface area is 203 Å². The van der Waals surface area contributed by atoms with E-state index in [0.29, 0.717) is 35.9 Å². The summed E-state index contributed by atoms with van der Waals surface area (Å²) >= 11 is 0. The predicted molar refractivity (Wildman–Crippen MR) is 132 cm³/mol. The molecule has 1 aromatic heterocycles. The van der Waals surface area contributed by atoms with Crippen LogP contribution in [0.2, 0.25) is 0 Å². The number of anilines is 1. The van der Waals surface area contributed by atoms with E-state index in [4.69, 9.17) is 18.6 Å². The SMILES string of the molecule is COc1cc2c(c(OC)c1)C(c1ccco1)N(C(=O)Nc1ccc(Oc3ccccc3)cc1)CC2. The number of rotatable bonds is 6. The number of para-hydroxylation sites is 1. The molecule has 7 heteroatoms. The summed E-state index contributed by atoms with van der Waals surface area (Å²) in [4.78, 5) is 15.2. The summed E-state index contributed by atoms with van der Waals surface area (Å²) in [6.45, 7) is 0.510. The Morgan fingerprint density at radius 1 is 0.914 bits per heavy atom. The Bertz CT molecular complexity index is 1270. The molecule has 0 aliphatic carbocycles. The summed E-state index contributed by atoms with van der Waals surface area (Å²) < 4.78 is 22.7. The molecule has 2 amide bonds. The van der Waals surface area contributed by atoms with Crippen LogP contribution in [-0.2, 0) is 6.42 Å². The molecule has 0 spiro atoms. The topological polar surface area (TPSA) is 73.2 Å². The average molecular weight is 471 g/mol. The molecule has 0 saturated heterocycles. The van der Waals surface area contributed by atoms with Gasteiger partial charge >= 0.3 is 6.03 Å². The van der Waals surface area contributed by atoms with Gasteiger partial charge in [-0.15, -0.1) is 0 Å². The van der Waals surface area contributed by atoms with Gasteiger partial charge in [-0.05, 0) is 66.6 Å². The van der Waals surface area contributed by atoms with Crippen molar-refractivity contribution in [1.82, 2.24) is 4.90 Å². The molecule has 0 fully saturated rings. The van der Waals surface area contributed by atoms with Gasteiger partial charge in [0.2, 0.25) is 0 Å². The van der Waals surface area contributed by atoms with E-state index < -0.39 is 6.04 Å². The Balaban J connectivity index is 1.39. The Kier molecular flexibility index (Phi) is 6.30. The highest BCUT2D eigenvalue weighted by Crippen LogP contribution is 2.43. The number of carbonyl (C=O) groups is 1. The molecule has 35 heavy (non-hydrogen) atoms. The van der Waals surface area contributed by atoms with Crippen LogP contribution in [0.15, 0.2) is 89.5 Å². The van der Waals surface area contributed by atoms with Crippen LogP contribution in [0.4, 0.5) is 10.5 Å². The highest BCUT2D eigenvalue weighted by Gasteiger charge is 2.36. The van der Waals surface area contributed by atoms with Crippen LogP contribution in [0.5, 0.6) is 23.0 Å². The molecule has 1 unspecified atom stereocenters. The molecule has 4 aromatic rings. The van der Waals surface area contributed by atoms with Crippen molar-refractivity contribution in [1.29, 1.82) is 0 Å². The van der Waals surface area contributed by atoms with Gasteiger partial charge in [0, 0.05) is 23.9 Å². The first-order valence-corrected chi connectivity index (χ1v) is 11.3. The van der Waals surface area contributed by atoms with Crippen LogP contribution in [0.3, 0.4) is 0 Å². The number of carbonyl (C=O) groups excluding carboxylic acids is 1. The van der Waals surface area contributed by atoms with E-state index in [1.807, 2.05) is 78.9 Å². The second-order valence-corrected chi connectivity index (χ2v) is 8.13. The molecule has 0 bridgehead atoms. The van der Waals surface area contributed by atoms with Crippen molar-refractivity contribution in [2.45, 2.75) is 12.5 Å². The second kappa shape index (κ2) is 9.85. The maximum Gasteiger partial charge on any atom is 0.322 e. The quantitative estimate of drug-likeness (QED) is 0.360. The fourth-order valence-corrected chi connectivity index (χ4v) is 4.37. The summed E-state index contributed by atoms with van der Waals surface area (Å²) in [5, 5.41) is 3.01. The molecule has 5 rings (SSSR count). The minimum Gasteiger partial charge on any atom is -0.497 e. The van der Waals surface area contributed by atoms with E-state index in [9.17, 15) is 4.79 Å². The van der Waals surface area contributed by atoms with Gasteiger partial charge in [0.25, 0.3) is 0 Å². The molecule has 0 radical (unpaired) electrons. The van der Waals surface area contributed by atoms with Crippen LogP contribution in [-0.4, -0.2) is 31.7 Å². The molecule has 0 saturated carbocycles. The van der Waals surface area contributed by atoms with Gasteiger partial charge in [0.15, 0.2) is 0 Å². The Morgan fingerprint density at radius 2 is 1.69 bits per heavy atom.